The molecular formula is C36H31FN4O5. The molecule has 0 bridgehead atoms. The van der Waals surface area contributed by atoms with Gasteiger partial charge in [-0.3, -0.25) is 9.78 Å². The van der Waals surface area contributed by atoms with Crippen molar-refractivity contribution in [2.45, 2.75) is 32.5 Å². The molecule has 4 amide bonds. The number of anilines is 1. The van der Waals surface area contributed by atoms with Crippen LogP contribution in [0, 0.1) is 5.82 Å². The smallest absolute Gasteiger partial charge is 0.415 e. The van der Waals surface area contributed by atoms with Crippen molar-refractivity contribution in [2.75, 3.05) is 11.9 Å². The third-order valence-electron chi connectivity index (χ3n) is 7.59. The number of urea groups is 1. The van der Waals surface area contributed by atoms with E-state index in [0.717, 1.165) is 16.7 Å². The van der Waals surface area contributed by atoms with Gasteiger partial charge in [-0.2, -0.15) is 0 Å². The summed E-state index contributed by atoms with van der Waals surface area (Å²) in [6.45, 7) is 2.30. The van der Waals surface area contributed by atoms with Crippen LogP contribution in [-0.4, -0.2) is 34.5 Å². The van der Waals surface area contributed by atoms with E-state index >= 15 is 0 Å². The summed E-state index contributed by atoms with van der Waals surface area (Å²) in [5.74, 6) is -0.452. The lowest BCUT2D eigenvalue weighted by atomic mass is 9.99. The molecule has 0 radical (unpaired) electrons. The number of nitrogens with zero attached hydrogens (tertiary/aromatic N) is 2. The fraction of sp³-hybridized carbons (Fsp3) is 0.167. The van der Waals surface area contributed by atoms with E-state index in [0.29, 0.717) is 28.6 Å². The summed E-state index contributed by atoms with van der Waals surface area (Å²) in [5.41, 5.74) is 3.88. The fourth-order valence-electron chi connectivity index (χ4n) is 5.50. The number of halogens is 1. The molecule has 1 aromatic heterocycles. The first-order chi connectivity index (χ1) is 22.4. The molecule has 1 aliphatic rings. The van der Waals surface area contributed by atoms with Gasteiger partial charge in [0.2, 0.25) is 0 Å². The molecule has 2 N–H and O–H groups in total. The topological polar surface area (TPSA) is 110 Å². The predicted molar refractivity (Wildman–Crippen MR) is 171 cm³/mol. The van der Waals surface area contributed by atoms with Crippen LogP contribution in [0.5, 0.6) is 5.75 Å². The first-order valence-electron chi connectivity index (χ1n) is 14.9. The summed E-state index contributed by atoms with van der Waals surface area (Å²) < 4.78 is 25.5. The number of fused-ring (bicyclic) bond motifs is 2. The maximum absolute atomic E-state index is 14.3. The van der Waals surface area contributed by atoms with Crippen molar-refractivity contribution in [1.82, 2.24) is 15.2 Å². The number of pyridine rings is 1. The zero-order chi connectivity index (χ0) is 32.0. The van der Waals surface area contributed by atoms with Gasteiger partial charge in [0.25, 0.3) is 5.91 Å². The van der Waals surface area contributed by atoms with Crippen LogP contribution < -0.4 is 15.4 Å². The van der Waals surface area contributed by atoms with E-state index in [-0.39, 0.29) is 42.7 Å². The van der Waals surface area contributed by atoms with Crippen LogP contribution in [0.3, 0.4) is 0 Å². The van der Waals surface area contributed by atoms with Gasteiger partial charge in [-0.1, -0.05) is 79.7 Å². The highest BCUT2D eigenvalue weighted by atomic mass is 19.1. The molecule has 46 heavy (non-hydrogen) atoms. The maximum Gasteiger partial charge on any atom is 0.415 e. The Kier molecular flexibility index (Phi) is 8.87. The molecule has 5 aromatic rings. The molecule has 0 saturated heterocycles. The summed E-state index contributed by atoms with van der Waals surface area (Å²) >= 11 is 0. The van der Waals surface area contributed by atoms with Crippen LogP contribution in [0.25, 0.3) is 10.9 Å². The lowest BCUT2D eigenvalue weighted by Crippen LogP contribution is -2.35. The van der Waals surface area contributed by atoms with Crippen molar-refractivity contribution in [2.24, 2.45) is 0 Å². The molecule has 4 aromatic carbocycles. The van der Waals surface area contributed by atoms with Gasteiger partial charge in [-0.25, -0.2) is 19.3 Å². The van der Waals surface area contributed by atoms with Crippen LogP contribution in [0.4, 0.5) is 19.7 Å². The first-order valence-corrected chi connectivity index (χ1v) is 14.9. The summed E-state index contributed by atoms with van der Waals surface area (Å²) in [4.78, 5) is 45.7. The number of benzene rings is 4. The van der Waals surface area contributed by atoms with Crippen LogP contribution >= 0.6 is 0 Å². The average molecular weight is 619 g/mol. The van der Waals surface area contributed by atoms with Crippen molar-refractivity contribution in [1.29, 1.82) is 0 Å². The van der Waals surface area contributed by atoms with Gasteiger partial charge >= 0.3 is 12.1 Å². The molecular weight excluding hydrogens is 587 g/mol. The molecule has 10 heteroatoms. The molecule has 232 valence electrons. The number of amides is 4. The Labute approximate surface area is 265 Å². The van der Waals surface area contributed by atoms with Crippen LogP contribution in [-0.2, 0) is 17.8 Å². The minimum atomic E-state index is -0.888. The van der Waals surface area contributed by atoms with Gasteiger partial charge in [0.05, 0.1) is 17.9 Å². The largest absolute Gasteiger partial charge is 0.478 e. The highest BCUT2D eigenvalue weighted by Crippen LogP contribution is 2.45. The first kappa shape index (κ1) is 30.3. The van der Waals surface area contributed by atoms with E-state index < -0.39 is 18.2 Å². The number of aromatic nitrogens is 1. The second-order valence-corrected chi connectivity index (χ2v) is 10.8. The number of carbonyl (C=O) groups is 3. The van der Waals surface area contributed by atoms with Gasteiger partial charge in [0, 0.05) is 30.2 Å². The minimum absolute atomic E-state index is 0.115. The predicted octanol–water partition coefficient (Wildman–Crippen LogP) is 7.37. The van der Waals surface area contributed by atoms with Crippen molar-refractivity contribution < 1.29 is 28.2 Å². The average Bonchev–Trinajstić information content (AvgIpc) is 3.40. The van der Waals surface area contributed by atoms with Crippen molar-refractivity contribution in [3.8, 4) is 5.75 Å². The van der Waals surface area contributed by atoms with E-state index in [4.69, 9.17) is 9.47 Å². The Bertz CT molecular complexity index is 1850. The molecule has 0 aliphatic carbocycles. The SMILES string of the molecule is CCCOC(=O)NC(=O)Nc1c2c(c(OC(c3ccccc3)c3ccccc3)c3ncccc13)C(=O)N(Cc1ccc(F)cc1)C2. The summed E-state index contributed by atoms with van der Waals surface area (Å²) in [6, 6.07) is 27.9. The van der Waals surface area contributed by atoms with E-state index in [9.17, 15) is 18.8 Å². The monoisotopic (exact) mass is 618 g/mol. The summed E-state index contributed by atoms with van der Waals surface area (Å²) in [6.07, 6.45) is 0.704. The molecule has 6 rings (SSSR count). The van der Waals surface area contributed by atoms with Gasteiger partial charge in [0.1, 0.15) is 17.4 Å². The minimum Gasteiger partial charge on any atom is -0.478 e. The Balaban J connectivity index is 1.47. The second kappa shape index (κ2) is 13.5. The Morgan fingerprint density at radius 1 is 0.935 bits per heavy atom. The van der Waals surface area contributed by atoms with E-state index in [2.05, 4.69) is 15.6 Å². The van der Waals surface area contributed by atoms with Gasteiger partial charge < -0.3 is 19.7 Å². The van der Waals surface area contributed by atoms with Gasteiger partial charge in [-0.05, 0) is 47.4 Å². The Morgan fingerprint density at radius 2 is 1.61 bits per heavy atom. The Morgan fingerprint density at radius 3 is 2.26 bits per heavy atom. The molecule has 0 saturated carbocycles. The molecule has 0 spiro atoms. The fourth-order valence-corrected chi connectivity index (χ4v) is 5.50. The van der Waals surface area contributed by atoms with E-state index in [1.54, 1.807) is 35.4 Å². The van der Waals surface area contributed by atoms with Crippen molar-refractivity contribution >= 4 is 34.6 Å². The number of hydrogen-bond acceptors (Lipinski definition) is 6. The normalized spacial score (nSPS) is 12.2. The van der Waals surface area contributed by atoms with E-state index in [1.807, 2.05) is 67.6 Å². The van der Waals surface area contributed by atoms with Crippen LogP contribution in [0.2, 0.25) is 0 Å². The lowest BCUT2D eigenvalue weighted by Gasteiger charge is -2.23. The molecule has 0 atom stereocenters. The molecule has 9 nitrogen and oxygen atoms in total. The highest BCUT2D eigenvalue weighted by molar-refractivity contribution is 6.14. The third-order valence-corrected chi connectivity index (χ3v) is 7.59. The highest BCUT2D eigenvalue weighted by Gasteiger charge is 2.37. The number of nitrogens with one attached hydrogen (secondary N) is 2. The zero-order valence-electron chi connectivity index (χ0n) is 25.0. The second-order valence-electron chi connectivity index (χ2n) is 10.8. The number of carbonyl (C=O) groups excluding carboxylic acids is 3. The standard InChI is InChI=1S/C36H31FN4O5/c1-2-20-45-36(44)40-35(43)39-30-27-14-9-19-38-31(27)33(46-32(24-10-5-3-6-11-24)25-12-7-4-8-13-25)29-28(30)22-41(34(29)42)21-23-15-17-26(37)18-16-23/h3-19,32H,2,20-22H2,1H3,(H2,39,40,43,44). The molecule has 0 fully saturated rings. The number of ether oxygens (including phenoxy) is 2. The quantitative estimate of drug-likeness (QED) is 0.179. The summed E-state index contributed by atoms with van der Waals surface area (Å²) in [7, 11) is 0. The third kappa shape index (κ3) is 6.37. The van der Waals surface area contributed by atoms with Crippen LogP contribution in [0.15, 0.2) is 103 Å². The number of rotatable bonds is 9. The van der Waals surface area contributed by atoms with E-state index in [1.165, 1.54) is 12.1 Å². The van der Waals surface area contributed by atoms with Crippen molar-refractivity contribution in [3.63, 3.8) is 0 Å². The maximum atomic E-state index is 14.3. The number of imide groups is 1. The van der Waals surface area contributed by atoms with Gasteiger partial charge in [0.15, 0.2) is 5.75 Å². The molecule has 1 aliphatic heterocycles. The molecule has 0 unspecified atom stereocenters. The Hall–Kier alpha value is -5.77. The molecule has 2 heterocycles. The number of alkyl carbamates (subject to hydrolysis) is 1. The lowest BCUT2D eigenvalue weighted by molar-refractivity contribution is 0.0762. The summed E-state index contributed by atoms with van der Waals surface area (Å²) in [5, 5.41) is 5.47. The zero-order valence-corrected chi connectivity index (χ0v) is 25.0. The van der Waals surface area contributed by atoms with Crippen LogP contribution in [0.1, 0.15) is 52.1 Å². The number of hydrogen-bond donors (Lipinski definition) is 2. The van der Waals surface area contributed by atoms with Crippen molar-refractivity contribution in [3.05, 3.63) is 137 Å². The van der Waals surface area contributed by atoms with Gasteiger partial charge in [-0.15, -0.1) is 0 Å².